The fourth-order valence-electron chi connectivity index (χ4n) is 3.93. The predicted octanol–water partition coefficient (Wildman–Crippen LogP) is 2.62. The first-order chi connectivity index (χ1) is 14.2. The minimum Gasteiger partial charge on any atom is -0.447 e. The van der Waals surface area contributed by atoms with E-state index >= 15 is 0 Å². The van der Waals surface area contributed by atoms with Crippen LogP contribution in [0.5, 0.6) is 0 Å². The predicted molar refractivity (Wildman–Crippen MR) is 109 cm³/mol. The first-order valence-electron chi connectivity index (χ1n) is 9.87. The van der Waals surface area contributed by atoms with Crippen molar-refractivity contribution in [3.8, 4) is 0 Å². The summed E-state index contributed by atoms with van der Waals surface area (Å²) in [5.41, 5.74) is 1.20. The number of likely N-dealkylation sites (tertiary alicyclic amines) is 1. The van der Waals surface area contributed by atoms with Gasteiger partial charge in [0.1, 0.15) is 6.61 Å². The SMILES string of the molecule is O=C(CSc1ncccn1)N1CCC(N2C(=O)OC[C@@H]2Cc2ccccc2)CC1. The molecule has 2 saturated heterocycles. The first kappa shape index (κ1) is 19.7. The second-order valence-electron chi connectivity index (χ2n) is 7.26. The van der Waals surface area contributed by atoms with Crippen LogP contribution in [0.2, 0.25) is 0 Å². The highest BCUT2D eigenvalue weighted by Gasteiger charge is 2.39. The van der Waals surface area contributed by atoms with Crippen LogP contribution in [0, 0.1) is 0 Å². The fraction of sp³-hybridized carbons (Fsp3) is 0.429. The molecule has 0 aliphatic carbocycles. The highest BCUT2D eigenvalue weighted by atomic mass is 32.2. The van der Waals surface area contributed by atoms with Crippen molar-refractivity contribution in [2.24, 2.45) is 0 Å². The minimum absolute atomic E-state index is 0.0583. The van der Waals surface area contributed by atoms with Crippen molar-refractivity contribution in [1.29, 1.82) is 0 Å². The van der Waals surface area contributed by atoms with E-state index in [4.69, 9.17) is 4.74 Å². The van der Waals surface area contributed by atoms with Crippen molar-refractivity contribution in [3.63, 3.8) is 0 Å². The van der Waals surface area contributed by atoms with E-state index in [2.05, 4.69) is 22.1 Å². The molecule has 4 rings (SSSR count). The molecule has 2 aromatic rings. The summed E-state index contributed by atoms with van der Waals surface area (Å²) in [5.74, 6) is 0.419. The zero-order valence-electron chi connectivity index (χ0n) is 16.1. The summed E-state index contributed by atoms with van der Waals surface area (Å²) < 4.78 is 5.35. The highest BCUT2D eigenvalue weighted by Crippen LogP contribution is 2.26. The lowest BCUT2D eigenvalue weighted by molar-refractivity contribution is -0.129. The van der Waals surface area contributed by atoms with E-state index in [0.717, 1.165) is 19.3 Å². The lowest BCUT2D eigenvalue weighted by Crippen LogP contribution is -2.50. The van der Waals surface area contributed by atoms with Crippen LogP contribution in [0.3, 0.4) is 0 Å². The van der Waals surface area contributed by atoms with E-state index in [-0.39, 0.29) is 24.1 Å². The lowest BCUT2D eigenvalue weighted by atomic mass is 9.99. The molecule has 0 spiro atoms. The first-order valence-corrected chi connectivity index (χ1v) is 10.9. The second-order valence-corrected chi connectivity index (χ2v) is 8.20. The van der Waals surface area contributed by atoms with E-state index in [1.807, 2.05) is 28.0 Å². The molecule has 8 heteroatoms. The Morgan fingerprint density at radius 2 is 1.83 bits per heavy atom. The number of carbonyl (C=O) groups is 2. The van der Waals surface area contributed by atoms with Crippen LogP contribution in [0.25, 0.3) is 0 Å². The molecule has 1 atom stereocenters. The zero-order valence-corrected chi connectivity index (χ0v) is 17.0. The van der Waals surface area contributed by atoms with Crippen LogP contribution in [-0.2, 0) is 16.0 Å². The molecule has 2 aliphatic rings. The summed E-state index contributed by atoms with van der Waals surface area (Å²) in [6, 6.07) is 12.1. The highest BCUT2D eigenvalue weighted by molar-refractivity contribution is 7.99. The number of thioether (sulfide) groups is 1. The third-order valence-corrected chi connectivity index (χ3v) is 6.26. The molecule has 2 fully saturated rings. The third kappa shape index (κ3) is 4.87. The van der Waals surface area contributed by atoms with Crippen molar-refractivity contribution < 1.29 is 14.3 Å². The molecule has 0 unspecified atom stereocenters. The Hall–Kier alpha value is -2.61. The summed E-state index contributed by atoms with van der Waals surface area (Å²) in [4.78, 5) is 36.9. The van der Waals surface area contributed by atoms with Gasteiger partial charge in [0.15, 0.2) is 5.16 Å². The van der Waals surface area contributed by atoms with Crippen molar-refractivity contribution in [2.45, 2.75) is 36.5 Å². The molecule has 2 aliphatic heterocycles. The Morgan fingerprint density at radius 1 is 1.10 bits per heavy atom. The molecule has 29 heavy (non-hydrogen) atoms. The van der Waals surface area contributed by atoms with E-state index in [9.17, 15) is 9.59 Å². The molecule has 3 heterocycles. The maximum Gasteiger partial charge on any atom is 0.410 e. The van der Waals surface area contributed by atoms with Crippen molar-refractivity contribution in [3.05, 3.63) is 54.4 Å². The minimum atomic E-state index is -0.229. The summed E-state index contributed by atoms with van der Waals surface area (Å²) in [7, 11) is 0. The normalized spacial score (nSPS) is 20.0. The Balaban J connectivity index is 1.29. The topological polar surface area (TPSA) is 75.6 Å². The number of amides is 2. The molecule has 0 radical (unpaired) electrons. The number of hydrogen-bond donors (Lipinski definition) is 0. The zero-order chi connectivity index (χ0) is 20.1. The maximum absolute atomic E-state index is 12.5. The largest absolute Gasteiger partial charge is 0.447 e. The molecule has 152 valence electrons. The molecule has 0 bridgehead atoms. The van der Waals surface area contributed by atoms with Gasteiger partial charge in [-0.3, -0.25) is 9.69 Å². The van der Waals surface area contributed by atoms with Crippen LogP contribution in [0.15, 0.2) is 53.9 Å². The lowest BCUT2D eigenvalue weighted by Gasteiger charge is -2.37. The van der Waals surface area contributed by atoms with E-state index in [1.54, 1.807) is 18.5 Å². The van der Waals surface area contributed by atoms with Crippen LogP contribution >= 0.6 is 11.8 Å². The average Bonchev–Trinajstić information content (AvgIpc) is 3.13. The summed E-state index contributed by atoms with van der Waals surface area (Å²) >= 11 is 1.35. The third-order valence-electron chi connectivity index (χ3n) is 5.39. The molecular formula is C21H24N4O3S. The van der Waals surface area contributed by atoms with Crippen LogP contribution in [0.4, 0.5) is 4.79 Å². The van der Waals surface area contributed by atoms with E-state index in [0.29, 0.717) is 30.6 Å². The van der Waals surface area contributed by atoms with Gasteiger partial charge in [0.25, 0.3) is 0 Å². The van der Waals surface area contributed by atoms with Gasteiger partial charge >= 0.3 is 6.09 Å². The van der Waals surface area contributed by atoms with Gasteiger partial charge in [-0.2, -0.15) is 0 Å². The number of hydrogen-bond acceptors (Lipinski definition) is 6. The van der Waals surface area contributed by atoms with Crippen molar-refractivity contribution in [2.75, 3.05) is 25.4 Å². The number of rotatable bonds is 6. The van der Waals surface area contributed by atoms with Crippen LogP contribution in [0.1, 0.15) is 18.4 Å². The average molecular weight is 413 g/mol. The van der Waals surface area contributed by atoms with Gasteiger partial charge in [0.05, 0.1) is 11.8 Å². The number of cyclic esters (lactones) is 1. The van der Waals surface area contributed by atoms with Gasteiger partial charge in [0.2, 0.25) is 5.91 Å². The number of nitrogens with zero attached hydrogens (tertiary/aromatic N) is 4. The van der Waals surface area contributed by atoms with Crippen LogP contribution < -0.4 is 0 Å². The summed E-state index contributed by atoms with van der Waals surface area (Å²) in [6.45, 7) is 1.74. The molecule has 2 amide bonds. The van der Waals surface area contributed by atoms with Gasteiger partial charge in [-0.05, 0) is 30.9 Å². The Kier molecular flexibility index (Phi) is 6.29. The molecule has 0 N–H and O–H groups in total. The summed E-state index contributed by atoms with van der Waals surface area (Å²) in [6.07, 6.45) is 5.46. The number of benzene rings is 1. The number of piperidine rings is 1. The standard InChI is InChI=1S/C21H24N4O3S/c26-19(15-29-20-22-9-4-10-23-20)24-11-7-17(8-12-24)25-18(14-28-21(25)27)13-16-5-2-1-3-6-16/h1-6,9-10,17-18H,7-8,11-15H2/t18-/m0/s1. The van der Waals surface area contributed by atoms with Gasteiger partial charge in [0, 0.05) is 31.5 Å². The van der Waals surface area contributed by atoms with Crippen molar-refractivity contribution >= 4 is 23.8 Å². The molecule has 1 aromatic heterocycles. The summed E-state index contributed by atoms with van der Waals surface area (Å²) in [5, 5.41) is 0.610. The van der Waals surface area contributed by atoms with Gasteiger partial charge in [-0.15, -0.1) is 0 Å². The number of aromatic nitrogens is 2. The second kappa shape index (κ2) is 9.26. The van der Waals surface area contributed by atoms with E-state index in [1.165, 1.54) is 17.3 Å². The Bertz CT molecular complexity index is 828. The Labute approximate surface area is 174 Å². The van der Waals surface area contributed by atoms with Gasteiger partial charge in [-0.25, -0.2) is 14.8 Å². The quantitative estimate of drug-likeness (QED) is 0.536. The van der Waals surface area contributed by atoms with Gasteiger partial charge in [-0.1, -0.05) is 42.1 Å². The fourth-order valence-corrected chi connectivity index (χ4v) is 4.64. The maximum atomic E-state index is 12.5. The number of ether oxygens (including phenoxy) is 1. The Morgan fingerprint density at radius 3 is 2.55 bits per heavy atom. The van der Waals surface area contributed by atoms with Crippen LogP contribution in [-0.4, -0.2) is 69.3 Å². The smallest absolute Gasteiger partial charge is 0.410 e. The van der Waals surface area contributed by atoms with Crippen molar-refractivity contribution in [1.82, 2.24) is 19.8 Å². The molecular weight excluding hydrogens is 388 g/mol. The monoisotopic (exact) mass is 412 g/mol. The van der Waals surface area contributed by atoms with E-state index < -0.39 is 0 Å². The number of carbonyl (C=O) groups excluding carboxylic acids is 2. The molecule has 1 aromatic carbocycles. The van der Waals surface area contributed by atoms with Gasteiger partial charge < -0.3 is 9.64 Å². The molecule has 0 saturated carbocycles. The molecule has 7 nitrogen and oxygen atoms in total.